The number of hydrogen-bond acceptors (Lipinski definition) is 2. The predicted molar refractivity (Wildman–Crippen MR) is 70.2 cm³/mol. The second-order valence-electron chi connectivity index (χ2n) is 4.68. The zero-order valence-corrected chi connectivity index (χ0v) is 10.8. The molecule has 2 unspecified atom stereocenters. The standard InChI is InChI=1S/C14H19FN2O/c1-3-9-8-12(9)17-14(18)10-6-5-7-11(15)13(10)16-4-2/h5-7,9,12,16H,3-4,8H2,1-2H3,(H,17,18). The predicted octanol–water partition coefficient (Wildman–Crippen LogP) is 2.79. The third kappa shape index (κ3) is 2.63. The Kier molecular flexibility index (Phi) is 3.84. The Hall–Kier alpha value is -1.58. The molecule has 0 spiro atoms. The first-order valence-corrected chi connectivity index (χ1v) is 6.50. The lowest BCUT2D eigenvalue weighted by Crippen LogP contribution is -2.28. The van der Waals surface area contributed by atoms with Crippen LogP contribution in [-0.4, -0.2) is 18.5 Å². The summed E-state index contributed by atoms with van der Waals surface area (Å²) in [6.07, 6.45) is 2.11. The molecule has 1 aliphatic rings. The van der Waals surface area contributed by atoms with E-state index in [1.165, 1.54) is 6.07 Å². The van der Waals surface area contributed by atoms with Crippen molar-refractivity contribution in [2.24, 2.45) is 5.92 Å². The van der Waals surface area contributed by atoms with Gasteiger partial charge in [0.05, 0.1) is 11.3 Å². The molecule has 1 fully saturated rings. The van der Waals surface area contributed by atoms with Crippen molar-refractivity contribution in [1.29, 1.82) is 0 Å². The third-order valence-electron chi connectivity index (χ3n) is 3.38. The molecular weight excluding hydrogens is 231 g/mol. The fraction of sp³-hybridized carbons (Fsp3) is 0.500. The summed E-state index contributed by atoms with van der Waals surface area (Å²) >= 11 is 0. The van der Waals surface area contributed by atoms with Crippen molar-refractivity contribution in [1.82, 2.24) is 5.32 Å². The average Bonchev–Trinajstić information content (AvgIpc) is 3.10. The maximum atomic E-state index is 13.7. The Morgan fingerprint density at radius 3 is 2.83 bits per heavy atom. The summed E-state index contributed by atoms with van der Waals surface area (Å²) < 4.78 is 13.7. The molecule has 1 aliphatic carbocycles. The summed E-state index contributed by atoms with van der Waals surface area (Å²) in [6.45, 7) is 4.58. The van der Waals surface area contributed by atoms with E-state index in [-0.39, 0.29) is 17.8 Å². The molecule has 2 rings (SSSR count). The first-order valence-electron chi connectivity index (χ1n) is 6.50. The van der Waals surface area contributed by atoms with Crippen molar-refractivity contribution in [3.63, 3.8) is 0 Å². The molecule has 2 N–H and O–H groups in total. The van der Waals surface area contributed by atoms with Gasteiger partial charge in [0.25, 0.3) is 5.91 Å². The molecule has 2 atom stereocenters. The van der Waals surface area contributed by atoms with Gasteiger partial charge in [-0.15, -0.1) is 0 Å². The summed E-state index contributed by atoms with van der Waals surface area (Å²) in [5.74, 6) is 0.0174. The van der Waals surface area contributed by atoms with Crippen molar-refractivity contribution in [3.05, 3.63) is 29.6 Å². The molecule has 1 saturated carbocycles. The van der Waals surface area contributed by atoms with Gasteiger partial charge in [-0.1, -0.05) is 19.4 Å². The number of amides is 1. The van der Waals surface area contributed by atoms with Gasteiger partial charge in [-0.2, -0.15) is 0 Å². The van der Waals surface area contributed by atoms with Gasteiger partial charge in [0.2, 0.25) is 0 Å². The van der Waals surface area contributed by atoms with Crippen molar-refractivity contribution < 1.29 is 9.18 Å². The van der Waals surface area contributed by atoms with Crippen molar-refractivity contribution in [2.45, 2.75) is 32.7 Å². The Morgan fingerprint density at radius 2 is 2.22 bits per heavy atom. The minimum absolute atomic E-state index is 0.189. The first kappa shape index (κ1) is 12.9. The normalized spacial score (nSPS) is 21.5. The third-order valence-corrected chi connectivity index (χ3v) is 3.38. The van der Waals surface area contributed by atoms with Gasteiger partial charge in [0.1, 0.15) is 5.82 Å². The molecule has 0 aromatic heterocycles. The van der Waals surface area contributed by atoms with E-state index >= 15 is 0 Å². The Labute approximate surface area is 107 Å². The van der Waals surface area contributed by atoms with Crippen molar-refractivity contribution >= 4 is 11.6 Å². The Morgan fingerprint density at radius 1 is 1.44 bits per heavy atom. The number of nitrogens with one attached hydrogen (secondary N) is 2. The van der Waals surface area contributed by atoms with E-state index in [2.05, 4.69) is 17.6 Å². The summed E-state index contributed by atoms with van der Waals surface area (Å²) in [6, 6.07) is 4.84. The van der Waals surface area contributed by atoms with Crippen LogP contribution in [0.4, 0.5) is 10.1 Å². The molecule has 0 radical (unpaired) electrons. The SMILES string of the molecule is CCNc1c(F)cccc1C(=O)NC1CC1CC. The van der Waals surface area contributed by atoms with Crippen molar-refractivity contribution in [3.8, 4) is 0 Å². The molecular formula is C14H19FN2O. The molecule has 0 heterocycles. The first-order chi connectivity index (χ1) is 8.67. The van der Waals surface area contributed by atoms with Crippen LogP contribution in [0, 0.1) is 11.7 Å². The summed E-state index contributed by atoms with van der Waals surface area (Å²) in [7, 11) is 0. The summed E-state index contributed by atoms with van der Waals surface area (Å²) in [4.78, 5) is 12.1. The van der Waals surface area contributed by atoms with Crippen LogP contribution >= 0.6 is 0 Å². The van der Waals surface area contributed by atoms with Gasteiger partial charge >= 0.3 is 0 Å². The molecule has 98 valence electrons. The second-order valence-corrected chi connectivity index (χ2v) is 4.68. The van der Waals surface area contributed by atoms with Crippen LogP contribution in [-0.2, 0) is 0 Å². The lowest BCUT2D eigenvalue weighted by Gasteiger charge is -2.11. The van der Waals surface area contributed by atoms with Gasteiger partial charge in [-0.3, -0.25) is 4.79 Å². The maximum absolute atomic E-state index is 13.7. The van der Waals surface area contributed by atoms with Crippen LogP contribution in [0.2, 0.25) is 0 Å². The lowest BCUT2D eigenvalue weighted by atomic mass is 10.1. The van der Waals surface area contributed by atoms with E-state index in [4.69, 9.17) is 0 Å². The van der Waals surface area contributed by atoms with Crippen LogP contribution < -0.4 is 10.6 Å². The zero-order chi connectivity index (χ0) is 13.1. The van der Waals surface area contributed by atoms with Crippen LogP contribution in [0.25, 0.3) is 0 Å². The average molecular weight is 250 g/mol. The van der Waals surface area contributed by atoms with Crippen LogP contribution in [0.1, 0.15) is 37.0 Å². The van der Waals surface area contributed by atoms with E-state index in [1.807, 2.05) is 6.92 Å². The highest BCUT2D eigenvalue weighted by molar-refractivity contribution is 6.00. The number of para-hydroxylation sites is 1. The highest BCUT2D eigenvalue weighted by atomic mass is 19.1. The van der Waals surface area contributed by atoms with Gasteiger partial charge in [0, 0.05) is 12.6 Å². The van der Waals surface area contributed by atoms with E-state index in [1.54, 1.807) is 12.1 Å². The highest BCUT2D eigenvalue weighted by Gasteiger charge is 2.36. The van der Waals surface area contributed by atoms with Gasteiger partial charge in [-0.05, 0) is 31.4 Å². The molecule has 1 aromatic rings. The number of benzene rings is 1. The van der Waals surface area contributed by atoms with E-state index < -0.39 is 0 Å². The van der Waals surface area contributed by atoms with E-state index in [0.29, 0.717) is 23.7 Å². The molecule has 4 heteroatoms. The van der Waals surface area contributed by atoms with Gasteiger partial charge in [-0.25, -0.2) is 4.39 Å². The topological polar surface area (TPSA) is 41.1 Å². The summed E-state index contributed by atoms with van der Waals surface area (Å²) in [5, 5.41) is 5.86. The fourth-order valence-electron chi connectivity index (χ4n) is 2.19. The molecule has 3 nitrogen and oxygen atoms in total. The number of carbonyl (C=O) groups excluding carboxylic acids is 1. The molecule has 18 heavy (non-hydrogen) atoms. The number of hydrogen-bond donors (Lipinski definition) is 2. The molecule has 0 saturated heterocycles. The minimum atomic E-state index is -0.382. The quantitative estimate of drug-likeness (QED) is 0.843. The molecule has 1 aromatic carbocycles. The summed E-state index contributed by atoms with van der Waals surface area (Å²) in [5.41, 5.74) is 0.685. The molecule has 0 aliphatic heterocycles. The Bertz CT molecular complexity index is 447. The van der Waals surface area contributed by atoms with E-state index in [0.717, 1.165) is 12.8 Å². The monoisotopic (exact) mass is 250 g/mol. The van der Waals surface area contributed by atoms with Crippen molar-refractivity contribution in [2.75, 3.05) is 11.9 Å². The highest BCUT2D eigenvalue weighted by Crippen LogP contribution is 2.33. The van der Waals surface area contributed by atoms with E-state index in [9.17, 15) is 9.18 Å². The number of carbonyl (C=O) groups is 1. The van der Waals surface area contributed by atoms with Gasteiger partial charge in [0.15, 0.2) is 0 Å². The molecule has 0 bridgehead atoms. The number of halogens is 1. The largest absolute Gasteiger partial charge is 0.382 e. The Balaban J connectivity index is 2.12. The van der Waals surface area contributed by atoms with Crippen LogP contribution in [0.5, 0.6) is 0 Å². The van der Waals surface area contributed by atoms with Gasteiger partial charge < -0.3 is 10.6 Å². The van der Waals surface area contributed by atoms with Crippen LogP contribution in [0.3, 0.4) is 0 Å². The molecule has 1 amide bonds. The maximum Gasteiger partial charge on any atom is 0.253 e. The zero-order valence-electron chi connectivity index (χ0n) is 10.8. The lowest BCUT2D eigenvalue weighted by molar-refractivity contribution is 0.0949. The van der Waals surface area contributed by atoms with Crippen LogP contribution in [0.15, 0.2) is 18.2 Å². The number of rotatable bonds is 5. The minimum Gasteiger partial charge on any atom is -0.382 e. The number of anilines is 1. The second kappa shape index (κ2) is 5.38. The fourth-order valence-corrected chi connectivity index (χ4v) is 2.19. The smallest absolute Gasteiger partial charge is 0.253 e.